The van der Waals surface area contributed by atoms with Gasteiger partial charge < -0.3 is 14.7 Å². The normalized spacial score (nSPS) is 16.1. The summed E-state index contributed by atoms with van der Waals surface area (Å²) in [7, 11) is 1.77. The van der Waals surface area contributed by atoms with Crippen LogP contribution in [0.5, 0.6) is 0 Å². The van der Waals surface area contributed by atoms with E-state index in [9.17, 15) is 9.59 Å². The van der Waals surface area contributed by atoms with Gasteiger partial charge in [-0.2, -0.15) is 5.10 Å². The summed E-state index contributed by atoms with van der Waals surface area (Å²) in [6, 6.07) is 6.26. The van der Waals surface area contributed by atoms with Crippen LogP contribution in [-0.4, -0.2) is 44.2 Å². The average molecular weight is 484 g/mol. The maximum absolute atomic E-state index is 15.1. The third-order valence-corrected chi connectivity index (χ3v) is 6.16. The Morgan fingerprint density at radius 3 is 2.57 bits per heavy atom. The fourth-order valence-electron chi connectivity index (χ4n) is 4.37. The van der Waals surface area contributed by atoms with Gasteiger partial charge in [0.05, 0.1) is 17.9 Å². The molecule has 3 aromatic rings. The highest BCUT2D eigenvalue weighted by Gasteiger charge is 2.34. The number of amides is 2. The molecule has 35 heavy (non-hydrogen) atoms. The zero-order valence-electron chi connectivity index (χ0n) is 21.0. The topological polar surface area (TPSA) is 93.3 Å². The molecule has 1 saturated heterocycles. The molecular weight excluding hydrogens is 449 g/mol. The molecular formula is C26H34FN5O3. The Balaban J connectivity index is 0.000000607. The molecule has 2 atom stereocenters. The van der Waals surface area contributed by atoms with Crippen molar-refractivity contribution in [3.63, 3.8) is 0 Å². The number of rotatable bonds is 6. The number of benzene rings is 1. The number of carbonyl (C=O) groups excluding carboxylic acids is 2. The third-order valence-electron chi connectivity index (χ3n) is 6.16. The first-order valence-electron chi connectivity index (χ1n) is 11.9. The van der Waals surface area contributed by atoms with Crippen LogP contribution in [0.3, 0.4) is 0 Å². The molecule has 0 spiro atoms. The second-order valence-electron chi connectivity index (χ2n) is 9.24. The number of hydrogen-bond donors (Lipinski definition) is 1. The van der Waals surface area contributed by atoms with Gasteiger partial charge in [0.2, 0.25) is 11.8 Å². The first-order chi connectivity index (χ1) is 16.7. The number of aryl methyl sites for hydroxylation is 1. The summed E-state index contributed by atoms with van der Waals surface area (Å²) in [6.07, 6.45) is 6.66. The van der Waals surface area contributed by atoms with Gasteiger partial charge in [0.15, 0.2) is 0 Å². The number of likely N-dealkylation sites (tertiary alicyclic amines) is 1. The molecule has 0 aliphatic carbocycles. The van der Waals surface area contributed by atoms with Crippen LogP contribution >= 0.6 is 0 Å². The summed E-state index contributed by atoms with van der Waals surface area (Å²) in [5.74, 6) is -0.207. The van der Waals surface area contributed by atoms with Gasteiger partial charge in [-0.1, -0.05) is 25.1 Å². The maximum atomic E-state index is 15.1. The number of aromatic nitrogens is 3. The van der Waals surface area contributed by atoms with Crippen LogP contribution in [-0.2, 0) is 16.6 Å². The third kappa shape index (κ3) is 6.35. The van der Waals surface area contributed by atoms with E-state index in [1.165, 1.54) is 6.26 Å². The average Bonchev–Trinajstić information content (AvgIpc) is 3.58. The molecule has 1 aliphatic heterocycles. The van der Waals surface area contributed by atoms with Crippen molar-refractivity contribution in [1.29, 1.82) is 0 Å². The lowest BCUT2D eigenvalue weighted by Gasteiger charge is -2.27. The Labute approximate surface area is 205 Å². The van der Waals surface area contributed by atoms with E-state index < -0.39 is 6.04 Å². The zero-order chi connectivity index (χ0) is 25.5. The van der Waals surface area contributed by atoms with Crippen molar-refractivity contribution < 1.29 is 18.5 Å². The van der Waals surface area contributed by atoms with Crippen molar-refractivity contribution in [2.75, 3.05) is 6.54 Å². The second-order valence-corrected chi connectivity index (χ2v) is 9.24. The van der Waals surface area contributed by atoms with Crippen molar-refractivity contribution in [2.45, 2.75) is 59.0 Å². The number of nitrogens with zero attached hydrogens (tertiary/aromatic N) is 4. The van der Waals surface area contributed by atoms with E-state index in [2.05, 4.69) is 20.1 Å². The molecule has 1 aliphatic rings. The summed E-state index contributed by atoms with van der Waals surface area (Å²) in [5.41, 5.74) is 2.41. The minimum Gasteiger partial charge on any atom is -0.365 e. The Hall–Kier alpha value is -3.49. The van der Waals surface area contributed by atoms with E-state index in [0.29, 0.717) is 36.2 Å². The van der Waals surface area contributed by atoms with Gasteiger partial charge in [-0.05, 0) is 61.9 Å². The minimum absolute atomic E-state index is 0.0260. The summed E-state index contributed by atoms with van der Waals surface area (Å²) in [5, 5.41) is 10.4. The lowest BCUT2D eigenvalue weighted by atomic mass is 9.97. The van der Waals surface area contributed by atoms with Gasteiger partial charge in [-0.15, -0.1) is 0 Å². The van der Waals surface area contributed by atoms with E-state index in [4.69, 9.17) is 0 Å². The van der Waals surface area contributed by atoms with E-state index in [1.807, 2.05) is 26.8 Å². The molecule has 2 aromatic heterocycles. The van der Waals surface area contributed by atoms with Crippen LogP contribution in [0.2, 0.25) is 0 Å². The lowest BCUT2D eigenvalue weighted by Crippen LogP contribution is -2.46. The number of halogens is 1. The SMILES string of the molecule is Cc1c(C(C)NC(=O)C2CCCN2C(=O)CC(C)C)ccc(-c2ccnn2C)c1F.c1cnoc1. The lowest BCUT2D eigenvalue weighted by molar-refractivity contribution is -0.139. The Morgan fingerprint density at radius 2 is 2.00 bits per heavy atom. The molecule has 0 saturated carbocycles. The van der Waals surface area contributed by atoms with E-state index in [-0.39, 0.29) is 29.6 Å². The molecule has 0 bridgehead atoms. The van der Waals surface area contributed by atoms with Gasteiger partial charge in [0.25, 0.3) is 0 Å². The molecule has 9 heteroatoms. The van der Waals surface area contributed by atoms with Crippen LogP contribution in [0.4, 0.5) is 4.39 Å². The van der Waals surface area contributed by atoms with Crippen molar-refractivity contribution in [3.05, 3.63) is 59.9 Å². The van der Waals surface area contributed by atoms with Crippen molar-refractivity contribution in [3.8, 4) is 11.3 Å². The van der Waals surface area contributed by atoms with Gasteiger partial charge in [-0.25, -0.2) is 4.39 Å². The maximum Gasteiger partial charge on any atom is 0.243 e. The van der Waals surface area contributed by atoms with Gasteiger partial charge >= 0.3 is 0 Å². The predicted molar refractivity (Wildman–Crippen MR) is 131 cm³/mol. The van der Waals surface area contributed by atoms with Gasteiger partial charge in [0.1, 0.15) is 18.1 Å². The Morgan fingerprint density at radius 1 is 1.23 bits per heavy atom. The van der Waals surface area contributed by atoms with Crippen LogP contribution in [0.1, 0.15) is 57.2 Å². The van der Waals surface area contributed by atoms with Crippen LogP contribution in [0.15, 0.2) is 47.4 Å². The molecule has 2 amide bonds. The summed E-state index contributed by atoms with van der Waals surface area (Å²) >= 11 is 0. The van der Waals surface area contributed by atoms with Crippen molar-refractivity contribution in [1.82, 2.24) is 25.2 Å². The summed E-state index contributed by atoms with van der Waals surface area (Å²) in [4.78, 5) is 27.1. The van der Waals surface area contributed by atoms with Crippen LogP contribution in [0, 0.1) is 18.7 Å². The van der Waals surface area contributed by atoms with Gasteiger partial charge in [0, 0.05) is 31.8 Å². The number of carbonyl (C=O) groups is 2. The standard InChI is InChI=1S/C23H31FN4O2.C3H3NO/c1-14(2)13-21(29)28-12-6-7-20(28)23(30)26-16(4)17-8-9-18(22(24)15(17)3)19-10-11-25-27(19)5;1-2-4-5-3-1/h8-11,14,16,20H,6-7,12-13H2,1-5H3,(H,26,30);1-3H. The first-order valence-corrected chi connectivity index (χ1v) is 11.9. The first kappa shape index (κ1) is 26.1. The van der Waals surface area contributed by atoms with Gasteiger partial charge in [-0.3, -0.25) is 14.3 Å². The summed E-state index contributed by atoms with van der Waals surface area (Å²) < 4.78 is 21.1. The summed E-state index contributed by atoms with van der Waals surface area (Å²) in [6.45, 7) is 8.18. The van der Waals surface area contributed by atoms with E-state index >= 15 is 4.39 Å². The fraction of sp³-hybridized carbons (Fsp3) is 0.462. The number of hydrogen-bond acceptors (Lipinski definition) is 5. The highest BCUT2D eigenvalue weighted by atomic mass is 19.1. The smallest absolute Gasteiger partial charge is 0.243 e. The Kier molecular flexibility index (Phi) is 8.78. The second kappa shape index (κ2) is 11.8. The molecule has 1 aromatic carbocycles. The minimum atomic E-state index is -0.447. The van der Waals surface area contributed by atoms with Crippen LogP contribution < -0.4 is 5.32 Å². The molecule has 4 rings (SSSR count). The fourth-order valence-corrected chi connectivity index (χ4v) is 4.37. The highest BCUT2D eigenvalue weighted by molar-refractivity contribution is 5.88. The Bertz CT molecular complexity index is 1110. The molecule has 1 fully saturated rings. The molecule has 2 unspecified atom stereocenters. The quantitative estimate of drug-likeness (QED) is 0.560. The molecule has 3 heterocycles. The van der Waals surface area contributed by atoms with Crippen LogP contribution in [0.25, 0.3) is 11.3 Å². The monoisotopic (exact) mass is 483 g/mol. The number of nitrogens with one attached hydrogen (secondary N) is 1. The largest absolute Gasteiger partial charge is 0.365 e. The highest BCUT2D eigenvalue weighted by Crippen LogP contribution is 2.29. The predicted octanol–water partition coefficient (Wildman–Crippen LogP) is 4.42. The van der Waals surface area contributed by atoms with Crippen molar-refractivity contribution >= 4 is 11.8 Å². The van der Waals surface area contributed by atoms with E-state index in [1.54, 1.807) is 54.1 Å². The van der Waals surface area contributed by atoms with Crippen molar-refractivity contribution in [2.24, 2.45) is 13.0 Å². The molecule has 0 radical (unpaired) electrons. The zero-order valence-corrected chi connectivity index (χ0v) is 21.0. The molecule has 1 N–H and O–H groups in total. The molecule has 188 valence electrons. The van der Waals surface area contributed by atoms with E-state index in [0.717, 1.165) is 12.0 Å². The molecule has 8 nitrogen and oxygen atoms in total.